The van der Waals surface area contributed by atoms with Gasteiger partial charge in [-0.15, -0.1) is 0 Å². The number of benzene rings is 4. The highest BCUT2D eigenvalue weighted by Crippen LogP contribution is 2.23. The molecule has 226 valence electrons. The van der Waals surface area contributed by atoms with E-state index in [4.69, 9.17) is 10.5 Å². The summed E-state index contributed by atoms with van der Waals surface area (Å²) >= 11 is 0. The van der Waals surface area contributed by atoms with E-state index < -0.39 is 16.5 Å². The maximum Gasteiger partial charge on any atom is 0.338 e. The number of carbonyl (C=O) groups excluding carboxylic acids is 1. The number of hydrogen-bond acceptors (Lipinski definition) is 8. The van der Waals surface area contributed by atoms with Crippen molar-refractivity contribution < 1.29 is 14.5 Å². The van der Waals surface area contributed by atoms with Crippen molar-refractivity contribution in [3.63, 3.8) is 0 Å². The van der Waals surface area contributed by atoms with E-state index in [9.17, 15) is 14.9 Å². The average molecular weight is 600 g/mol. The Kier molecular flexibility index (Phi) is 10.4. The molecule has 0 aliphatic heterocycles. The third kappa shape index (κ3) is 9.62. The number of hydrogen-bond donors (Lipinski definition) is 1. The molecule has 0 saturated heterocycles. The van der Waals surface area contributed by atoms with Gasteiger partial charge in [0.1, 0.15) is 11.2 Å². The zero-order valence-corrected chi connectivity index (χ0v) is 25.6. The van der Waals surface area contributed by atoms with Crippen LogP contribution in [0.25, 0.3) is 0 Å². The van der Waals surface area contributed by atoms with E-state index in [0.717, 1.165) is 23.5 Å². The topological polar surface area (TPSA) is 123 Å². The predicted octanol–water partition coefficient (Wildman–Crippen LogP) is 7.16. The molecule has 9 heteroatoms. The Hall–Kier alpha value is -5.77. The molecule has 4 rings (SSSR count). The minimum Gasteiger partial charge on any atom is -0.456 e. The maximum atomic E-state index is 12.3. The van der Waals surface area contributed by atoms with Crippen LogP contribution in [0, 0.1) is 33.8 Å². The molecule has 4 aromatic rings. The number of ether oxygens (including phenoxy) is 1. The van der Waals surface area contributed by atoms with Crippen LogP contribution < -0.4 is 10.6 Å². The minimum absolute atomic E-state index is 0.120. The lowest BCUT2D eigenvalue weighted by molar-refractivity contribution is -0.385. The van der Waals surface area contributed by atoms with Gasteiger partial charge in [0.25, 0.3) is 5.69 Å². The van der Waals surface area contributed by atoms with Gasteiger partial charge in [-0.3, -0.25) is 10.1 Å². The van der Waals surface area contributed by atoms with Crippen molar-refractivity contribution in [3.8, 4) is 23.7 Å². The van der Waals surface area contributed by atoms with Crippen molar-refractivity contribution in [2.45, 2.75) is 26.4 Å². The molecule has 2 N–H and O–H groups in total. The van der Waals surface area contributed by atoms with Crippen LogP contribution in [0.5, 0.6) is 0 Å². The fourth-order valence-electron chi connectivity index (χ4n) is 4.01. The summed E-state index contributed by atoms with van der Waals surface area (Å²) in [6.07, 6.45) is 0. The summed E-state index contributed by atoms with van der Waals surface area (Å²) in [5.74, 6) is 11.5. The minimum atomic E-state index is -0.603. The highest BCUT2D eigenvalue weighted by molar-refractivity contribution is 5.89. The van der Waals surface area contributed by atoms with Crippen molar-refractivity contribution in [1.29, 1.82) is 0 Å². The van der Waals surface area contributed by atoms with Gasteiger partial charge in [0.15, 0.2) is 0 Å². The first-order valence-electron chi connectivity index (χ1n) is 14.2. The molecule has 0 radical (unpaired) electrons. The highest BCUT2D eigenvalue weighted by Gasteiger charge is 2.17. The molecule has 0 saturated carbocycles. The zero-order valence-electron chi connectivity index (χ0n) is 25.6. The van der Waals surface area contributed by atoms with E-state index in [1.807, 2.05) is 55.6 Å². The molecule has 0 amide bonds. The molecule has 0 fully saturated rings. The summed E-state index contributed by atoms with van der Waals surface area (Å²) in [7, 11) is 1.99. The Morgan fingerprint density at radius 3 is 1.89 bits per heavy atom. The van der Waals surface area contributed by atoms with E-state index in [1.165, 1.54) is 6.07 Å². The predicted molar refractivity (Wildman–Crippen MR) is 176 cm³/mol. The van der Waals surface area contributed by atoms with E-state index >= 15 is 0 Å². The summed E-state index contributed by atoms with van der Waals surface area (Å²) in [6, 6.07) is 26.2. The fourth-order valence-corrected chi connectivity index (χ4v) is 4.01. The number of nitro groups is 1. The molecule has 0 aliphatic carbocycles. The summed E-state index contributed by atoms with van der Waals surface area (Å²) in [6.45, 7) is 6.74. The number of esters is 1. The van der Waals surface area contributed by atoms with Crippen LogP contribution in [0.3, 0.4) is 0 Å². The first-order chi connectivity index (χ1) is 21.5. The van der Waals surface area contributed by atoms with Gasteiger partial charge >= 0.3 is 5.97 Å². The molecule has 0 aliphatic rings. The van der Waals surface area contributed by atoms with Crippen molar-refractivity contribution in [3.05, 3.63) is 129 Å². The standard InChI is InChI=1S/C36H33N5O4/c1-36(2,3)45-35(42)29-13-7-27(8-14-29)9-15-30-25-28(12-22-34(30)41(43)44)6-5-26-10-16-31(17-11-26)38-39-32-18-20-33(21-19-32)40(4)24-23-37/h7-8,10-14,16-22,25H,23-24,37H2,1-4H3. The molecular weight excluding hydrogens is 566 g/mol. The Labute approximate surface area is 262 Å². The van der Waals surface area contributed by atoms with Gasteiger partial charge < -0.3 is 15.4 Å². The second-order valence-corrected chi connectivity index (χ2v) is 11.0. The molecule has 45 heavy (non-hydrogen) atoms. The molecular formula is C36H33N5O4. The van der Waals surface area contributed by atoms with Crippen LogP contribution in [0.4, 0.5) is 22.7 Å². The normalized spacial score (nSPS) is 10.8. The smallest absolute Gasteiger partial charge is 0.338 e. The molecule has 0 bridgehead atoms. The highest BCUT2D eigenvalue weighted by atomic mass is 16.6. The third-order valence-corrected chi connectivity index (χ3v) is 6.31. The number of carbonyl (C=O) groups is 1. The van der Waals surface area contributed by atoms with Crippen LogP contribution in [0.1, 0.15) is 53.4 Å². The van der Waals surface area contributed by atoms with Gasteiger partial charge in [0, 0.05) is 48.6 Å². The summed E-state index contributed by atoms with van der Waals surface area (Å²) in [5.41, 5.74) is 9.92. The Morgan fingerprint density at radius 1 is 0.822 bits per heavy atom. The second kappa shape index (κ2) is 14.6. The number of nitrogens with zero attached hydrogens (tertiary/aromatic N) is 4. The SMILES string of the molecule is CN(CCN)c1ccc(N=Nc2ccc(C#Cc3ccc([N+](=O)[O-])c(C#Cc4ccc(C(=O)OC(C)(C)C)cc4)c3)cc2)cc1. The maximum absolute atomic E-state index is 12.3. The number of azo groups is 1. The van der Waals surface area contributed by atoms with Crippen LogP contribution in [-0.2, 0) is 4.74 Å². The number of rotatable bonds is 7. The quantitative estimate of drug-likeness (QED) is 0.0790. The first kappa shape index (κ1) is 32.2. The monoisotopic (exact) mass is 599 g/mol. The van der Waals surface area contributed by atoms with E-state index in [1.54, 1.807) is 57.2 Å². The Balaban J connectivity index is 1.45. The summed E-state index contributed by atoms with van der Waals surface area (Å²) < 4.78 is 5.38. The Morgan fingerprint density at radius 2 is 1.33 bits per heavy atom. The summed E-state index contributed by atoms with van der Waals surface area (Å²) in [4.78, 5) is 25.5. The van der Waals surface area contributed by atoms with E-state index in [2.05, 4.69) is 38.8 Å². The van der Waals surface area contributed by atoms with Crippen LogP contribution in [-0.4, -0.2) is 36.6 Å². The Bertz CT molecular complexity index is 1820. The van der Waals surface area contributed by atoms with Crippen LogP contribution in [0.2, 0.25) is 0 Å². The fraction of sp³-hybridized carbons (Fsp3) is 0.194. The molecule has 4 aromatic carbocycles. The molecule has 0 aromatic heterocycles. The second-order valence-electron chi connectivity index (χ2n) is 11.0. The number of anilines is 1. The summed E-state index contributed by atoms with van der Waals surface area (Å²) in [5, 5.41) is 20.2. The zero-order chi connectivity index (χ0) is 32.4. The molecule has 0 spiro atoms. The van der Waals surface area contributed by atoms with Crippen LogP contribution >= 0.6 is 0 Å². The average Bonchev–Trinajstić information content (AvgIpc) is 3.02. The van der Waals surface area contributed by atoms with Crippen molar-refractivity contribution in [2.24, 2.45) is 16.0 Å². The lowest BCUT2D eigenvalue weighted by Crippen LogP contribution is -2.24. The number of nitrogens with two attached hydrogens (primary N) is 1. The van der Waals surface area contributed by atoms with Gasteiger partial charge in [-0.1, -0.05) is 23.7 Å². The molecule has 0 unspecified atom stereocenters. The van der Waals surface area contributed by atoms with Gasteiger partial charge in [0.05, 0.1) is 21.9 Å². The molecule has 9 nitrogen and oxygen atoms in total. The van der Waals surface area contributed by atoms with Crippen molar-refractivity contribution in [2.75, 3.05) is 25.0 Å². The van der Waals surface area contributed by atoms with Gasteiger partial charge in [-0.2, -0.15) is 10.2 Å². The van der Waals surface area contributed by atoms with Gasteiger partial charge in [0.2, 0.25) is 0 Å². The van der Waals surface area contributed by atoms with Crippen LogP contribution in [0.15, 0.2) is 101 Å². The van der Waals surface area contributed by atoms with Crippen molar-refractivity contribution in [1.82, 2.24) is 0 Å². The first-order valence-corrected chi connectivity index (χ1v) is 14.2. The van der Waals surface area contributed by atoms with E-state index in [0.29, 0.717) is 28.9 Å². The lowest BCUT2D eigenvalue weighted by Gasteiger charge is -2.19. The van der Waals surface area contributed by atoms with Gasteiger partial charge in [-0.05, 0) is 106 Å². The lowest BCUT2D eigenvalue weighted by atomic mass is 10.1. The number of likely N-dealkylation sites (N-methyl/N-ethyl adjacent to an activating group) is 1. The molecule has 0 atom stereocenters. The van der Waals surface area contributed by atoms with E-state index in [-0.39, 0.29) is 11.3 Å². The van der Waals surface area contributed by atoms with Gasteiger partial charge in [-0.25, -0.2) is 4.79 Å². The van der Waals surface area contributed by atoms with Crippen molar-refractivity contribution >= 4 is 28.7 Å². The third-order valence-electron chi connectivity index (χ3n) is 6.31. The molecule has 0 heterocycles. The number of nitro benzene ring substituents is 1. The largest absolute Gasteiger partial charge is 0.456 e.